The summed E-state index contributed by atoms with van der Waals surface area (Å²) < 4.78 is 4.71. The van der Waals surface area contributed by atoms with Crippen molar-refractivity contribution in [3.05, 3.63) is 223 Å². The lowest BCUT2D eigenvalue weighted by atomic mass is 9.82. The van der Waals surface area contributed by atoms with Crippen LogP contribution in [0, 0.1) is 0 Å². The van der Waals surface area contributed by atoms with Crippen molar-refractivity contribution in [2.45, 2.75) is 44.9 Å². The highest BCUT2D eigenvalue weighted by atomic mass is 15.2. The largest absolute Gasteiger partial charge is 0.307 e. The quantitative estimate of drug-likeness (QED) is 0.160. The van der Waals surface area contributed by atoms with E-state index in [0.717, 1.165) is 78.2 Å². The second-order valence-corrected chi connectivity index (χ2v) is 20.0. The molecule has 0 bridgehead atoms. The van der Waals surface area contributed by atoms with E-state index in [1.807, 2.05) is 24.3 Å². The second-order valence-electron chi connectivity index (χ2n) is 20.0. The van der Waals surface area contributed by atoms with Crippen LogP contribution in [0.15, 0.2) is 212 Å². The third kappa shape index (κ3) is 6.71. The third-order valence-electron chi connectivity index (χ3n) is 14.6. The van der Waals surface area contributed by atoms with E-state index < -0.39 is 0 Å². The minimum Gasteiger partial charge on any atom is -0.307 e. The van der Waals surface area contributed by atoms with Crippen molar-refractivity contribution in [2.24, 2.45) is 0 Å². The fraction of sp³-hybridized carbons (Fsp3) is 0.109. The summed E-state index contributed by atoms with van der Waals surface area (Å²) in [5.41, 5.74) is 17.6. The van der Waals surface area contributed by atoms with E-state index in [9.17, 15) is 0 Å². The summed E-state index contributed by atoms with van der Waals surface area (Å²) in [5, 5.41) is 4.60. The zero-order valence-corrected chi connectivity index (χ0v) is 39.2. The van der Waals surface area contributed by atoms with E-state index >= 15 is 0 Å². The molecule has 3 aromatic heterocycles. The molecule has 5 heteroatoms. The van der Waals surface area contributed by atoms with Crippen LogP contribution in [-0.2, 0) is 10.8 Å². The molecular formula is C64H49N5. The lowest BCUT2D eigenvalue weighted by Crippen LogP contribution is -2.17. The monoisotopic (exact) mass is 887 g/mol. The van der Waals surface area contributed by atoms with Crippen LogP contribution in [0.25, 0.3) is 111 Å². The molecule has 0 saturated carbocycles. The van der Waals surface area contributed by atoms with Gasteiger partial charge in [0.15, 0.2) is 11.6 Å². The Bertz CT molecular complexity index is 3970. The van der Waals surface area contributed by atoms with Crippen molar-refractivity contribution in [1.82, 2.24) is 24.1 Å². The van der Waals surface area contributed by atoms with Gasteiger partial charge in [-0.15, -0.1) is 0 Å². The number of hydrogen-bond acceptors (Lipinski definition) is 3. The molecule has 13 rings (SSSR count). The summed E-state index contributed by atoms with van der Waals surface area (Å²) in [6.45, 7) is 9.54. The van der Waals surface area contributed by atoms with Crippen LogP contribution < -0.4 is 0 Å². The molecule has 69 heavy (non-hydrogen) atoms. The first-order valence-electron chi connectivity index (χ1n) is 24.0. The molecule has 0 saturated heterocycles. The first kappa shape index (κ1) is 40.8. The van der Waals surface area contributed by atoms with Crippen LogP contribution in [-0.4, -0.2) is 24.1 Å². The van der Waals surface area contributed by atoms with E-state index in [1.54, 1.807) is 0 Å². The Morgan fingerprint density at radius 2 is 0.797 bits per heavy atom. The summed E-state index contributed by atoms with van der Waals surface area (Å²) >= 11 is 0. The normalized spacial score (nSPS) is 14.0. The molecule has 0 amide bonds. The second kappa shape index (κ2) is 15.6. The molecule has 0 N–H and O–H groups in total. The van der Waals surface area contributed by atoms with E-state index in [-0.39, 0.29) is 10.8 Å². The summed E-state index contributed by atoms with van der Waals surface area (Å²) in [6.07, 6.45) is 1.16. The van der Waals surface area contributed by atoms with Gasteiger partial charge >= 0.3 is 0 Å². The van der Waals surface area contributed by atoms with E-state index in [1.165, 1.54) is 33.2 Å². The predicted octanol–water partition coefficient (Wildman–Crippen LogP) is 16.4. The van der Waals surface area contributed by atoms with Gasteiger partial charge in [-0.2, -0.15) is 9.97 Å². The molecule has 330 valence electrons. The number of para-hydroxylation sites is 2. The highest BCUT2D eigenvalue weighted by Gasteiger charge is 2.41. The summed E-state index contributed by atoms with van der Waals surface area (Å²) in [6, 6.07) is 76.4. The van der Waals surface area contributed by atoms with Gasteiger partial charge in [0, 0.05) is 38.4 Å². The lowest BCUT2D eigenvalue weighted by molar-refractivity contribution is 0.403. The van der Waals surface area contributed by atoms with Gasteiger partial charge in [-0.05, 0) is 92.1 Å². The molecule has 0 aliphatic heterocycles. The molecule has 3 heterocycles. The van der Waals surface area contributed by atoms with Gasteiger partial charge in [-0.1, -0.05) is 210 Å². The smallest absolute Gasteiger partial charge is 0.238 e. The SMILES string of the molecule is CC1(C)CC(C)(C)c2cc(-c3ccc(-c4cccc(-n5c6ccccc6c6ccc7c8ccccc8n(-c8nc(-c9ccccc9)nc(-c9cccc(-c%10ccccc%10)c9)n8)c7c65)c4)cc3)ccc21. The Morgan fingerprint density at radius 1 is 0.333 bits per heavy atom. The van der Waals surface area contributed by atoms with Crippen LogP contribution in [0.1, 0.15) is 45.2 Å². The van der Waals surface area contributed by atoms with E-state index in [2.05, 4.69) is 225 Å². The van der Waals surface area contributed by atoms with Crippen LogP contribution >= 0.6 is 0 Å². The van der Waals surface area contributed by atoms with Crippen molar-refractivity contribution in [2.75, 3.05) is 0 Å². The lowest BCUT2D eigenvalue weighted by Gasteiger charge is -2.22. The highest BCUT2D eigenvalue weighted by molar-refractivity contribution is 6.23. The van der Waals surface area contributed by atoms with Crippen LogP contribution in [0.3, 0.4) is 0 Å². The average Bonchev–Trinajstić information content (AvgIpc) is 3.98. The van der Waals surface area contributed by atoms with Gasteiger partial charge in [-0.25, -0.2) is 4.98 Å². The average molecular weight is 888 g/mol. The predicted molar refractivity (Wildman–Crippen MR) is 286 cm³/mol. The number of aromatic nitrogens is 5. The van der Waals surface area contributed by atoms with Gasteiger partial charge in [0.25, 0.3) is 0 Å². The highest BCUT2D eigenvalue weighted by Crippen LogP contribution is 2.50. The first-order chi connectivity index (χ1) is 33.7. The molecule has 12 aromatic rings. The molecule has 0 spiro atoms. The Morgan fingerprint density at radius 3 is 1.46 bits per heavy atom. The topological polar surface area (TPSA) is 48.5 Å². The number of nitrogens with zero attached hydrogens (tertiary/aromatic N) is 5. The van der Waals surface area contributed by atoms with Gasteiger partial charge in [0.1, 0.15) is 0 Å². The summed E-state index contributed by atoms with van der Waals surface area (Å²) in [4.78, 5) is 16.0. The zero-order chi connectivity index (χ0) is 46.4. The molecule has 0 fully saturated rings. The van der Waals surface area contributed by atoms with Crippen molar-refractivity contribution in [3.8, 4) is 67.8 Å². The van der Waals surface area contributed by atoms with Gasteiger partial charge < -0.3 is 4.57 Å². The van der Waals surface area contributed by atoms with Gasteiger partial charge in [0.2, 0.25) is 5.95 Å². The minimum atomic E-state index is 0.150. The fourth-order valence-electron chi connectivity index (χ4n) is 11.6. The van der Waals surface area contributed by atoms with E-state index in [0.29, 0.717) is 17.6 Å². The molecule has 5 nitrogen and oxygen atoms in total. The Hall–Kier alpha value is -8.41. The standard InChI is InChI=1S/C64H49N5/c1-63(2)40-64(3,4)55-39-47(33-36-54(55)63)43-31-29-42(30-32-43)46-22-16-24-49(38-46)68-56-27-13-11-25-50(56)52-34-35-53-51-26-12-14-28-57(51)69(59(53)58(52)68)62-66-60(44-19-9-6-10-20-44)65-61(67-62)48-23-15-21-45(37-48)41-17-7-5-8-18-41/h5-39H,40H2,1-4H3. The molecule has 0 atom stereocenters. The fourth-order valence-corrected chi connectivity index (χ4v) is 11.6. The van der Waals surface area contributed by atoms with Crippen LogP contribution in [0.2, 0.25) is 0 Å². The maximum absolute atomic E-state index is 5.41. The Kier molecular flexibility index (Phi) is 9.22. The number of hydrogen-bond donors (Lipinski definition) is 0. The number of benzene rings is 9. The zero-order valence-electron chi connectivity index (χ0n) is 39.2. The summed E-state index contributed by atoms with van der Waals surface area (Å²) in [7, 11) is 0. The maximum atomic E-state index is 5.41. The molecule has 0 unspecified atom stereocenters. The number of fused-ring (bicyclic) bond motifs is 8. The molecule has 1 aliphatic carbocycles. The Balaban J connectivity index is 1.01. The minimum absolute atomic E-state index is 0.150. The van der Waals surface area contributed by atoms with Gasteiger partial charge in [-0.3, -0.25) is 4.57 Å². The van der Waals surface area contributed by atoms with E-state index in [4.69, 9.17) is 15.0 Å². The summed E-state index contributed by atoms with van der Waals surface area (Å²) in [5.74, 6) is 1.78. The van der Waals surface area contributed by atoms with Crippen molar-refractivity contribution in [1.29, 1.82) is 0 Å². The van der Waals surface area contributed by atoms with Crippen LogP contribution in [0.4, 0.5) is 0 Å². The number of rotatable bonds is 7. The van der Waals surface area contributed by atoms with Crippen molar-refractivity contribution >= 4 is 43.6 Å². The molecule has 0 radical (unpaired) electrons. The maximum Gasteiger partial charge on any atom is 0.238 e. The Labute approximate surface area is 402 Å². The molecule has 1 aliphatic rings. The first-order valence-corrected chi connectivity index (χ1v) is 24.0. The van der Waals surface area contributed by atoms with Crippen molar-refractivity contribution < 1.29 is 0 Å². The molecular weight excluding hydrogens is 839 g/mol. The van der Waals surface area contributed by atoms with Crippen LogP contribution in [0.5, 0.6) is 0 Å². The van der Waals surface area contributed by atoms with Crippen molar-refractivity contribution in [3.63, 3.8) is 0 Å². The molecule has 9 aromatic carbocycles. The van der Waals surface area contributed by atoms with Gasteiger partial charge in [0.05, 0.1) is 22.1 Å². The third-order valence-corrected chi connectivity index (χ3v) is 14.6.